The van der Waals surface area contributed by atoms with Gasteiger partial charge in [-0.3, -0.25) is 4.21 Å². The summed E-state index contributed by atoms with van der Waals surface area (Å²) in [6, 6.07) is 9.31. The maximum Gasteiger partial charge on any atom is 0.148 e. The van der Waals surface area contributed by atoms with Crippen molar-refractivity contribution in [1.82, 2.24) is 20.4 Å². The van der Waals surface area contributed by atoms with Crippen LogP contribution in [0.3, 0.4) is 0 Å². The van der Waals surface area contributed by atoms with Gasteiger partial charge < -0.3 is 10.6 Å². The van der Waals surface area contributed by atoms with Crippen LogP contribution in [0.2, 0.25) is 0 Å². The van der Waals surface area contributed by atoms with Crippen LogP contribution >= 0.6 is 0 Å². The highest BCUT2D eigenvalue weighted by molar-refractivity contribution is 7.85. The van der Waals surface area contributed by atoms with E-state index in [2.05, 4.69) is 32.9 Å². The molecule has 0 saturated carbocycles. The molecular weight excluding hydrogens is 408 g/mol. The number of fused-ring (bicyclic) bond motifs is 1. The van der Waals surface area contributed by atoms with Gasteiger partial charge in [-0.05, 0) is 49.6 Å². The van der Waals surface area contributed by atoms with E-state index in [1.807, 2.05) is 35.4 Å². The number of benzene rings is 1. The molecule has 0 radical (unpaired) electrons. The number of nitrogens with one attached hydrogen (secondary N) is 2. The van der Waals surface area contributed by atoms with Crippen molar-refractivity contribution in [3.05, 3.63) is 71.7 Å². The highest BCUT2D eigenvalue weighted by Gasteiger charge is 2.24. The Morgan fingerprint density at radius 1 is 1.32 bits per heavy atom. The van der Waals surface area contributed by atoms with Crippen LogP contribution in [0.15, 0.2) is 70.5 Å². The zero-order chi connectivity index (χ0) is 21.2. The van der Waals surface area contributed by atoms with Gasteiger partial charge in [0.25, 0.3) is 0 Å². The van der Waals surface area contributed by atoms with E-state index < -0.39 is 10.8 Å². The zero-order valence-corrected chi connectivity index (χ0v) is 17.7. The first kappa shape index (κ1) is 19.5. The quantitative estimate of drug-likeness (QED) is 0.760. The van der Waals surface area contributed by atoms with E-state index in [0.717, 1.165) is 41.8 Å². The monoisotopic (exact) mass is 430 g/mol. The Labute approximate surface area is 183 Å². The number of aromatic nitrogens is 2. The standard InChI is InChI=1S/C23H22N6OS/c24-11-17-3-1-2-4-21(17)31(30)14-16-5-7-19(8-6-16)29-13-18(12-28-29)22-20-9-10-25-23(20)27-15-26-22/h1-4,7,9-10,12-13,15-16,23,25H,5-6,8,14H2,(H,26,27). The minimum atomic E-state index is -1.16. The highest BCUT2D eigenvalue weighted by Crippen LogP contribution is 2.30. The van der Waals surface area contributed by atoms with Crippen LogP contribution in [0.1, 0.15) is 30.4 Å². The fourth-order valence-corrected chi connectivity index (χ4v) is 5.67. The van der Waals surface area contributed by atoms with Crippen LogP contribution in [-0.2, 0) is 10.8 Å². The van der Waals surface area contributed by atoms with Crippen molar-refractivity contribution in [3.8, 4) is 6.07 Å². The first-order valence-corrected chi connectivity index (χ1v) is 11.6. The SMILES string of the molecule is N#Cc1ccccc1S(=O)CC1CC=C(n2cc(C3=C4C=CNC4N=CN3)cn2)CC1. The maximum absolute atomic E-state index is 12.8. The Bertz CT molecular complexity index is 1200. The number of nitriles is 1. The molecule has 2 aliphatic heterocycles. The van der Waals surface area contributed by atoms with Crippen molar-refractivity contribution in [3.63, 3.8) is 0 Å². The average Bonchev–Trinajstić information content (AvgIpc) is 3.49. The molecule has 1 aliphatic carbocycles. The molecule has 8 heteroatoms. The van der Waals surface area contributed by atoms with Crippen molar-refractivity contribution in [2.45, 2.75) is 30.3 Å². The van der Waals surface area contributed by atoms with E-state index in [1.54, 1.807) is 24.5 Å². The smallest absolute Gasteiger partial charge is 0.148 e. The van der Waals surface area contributed by atoms with Crippen molar-refractivity contribution >= 4 is 28.5 Å². The minimum Gasteiger partial charge on any atom is -0.366 e. The highest BCUT2D eigenvalue weighted by atomic mass is 32.2. The molecule has 5 rings (SSSR count). The molecule has 1 aromatic carbocycles. The number of hydrogen-bond acceptors (Lipinski definition) is 6. The number of aliphatic imine (C=N–C) groups is 1. The van der Waals surface area contributed by atoms with Crippen molar-refractivity contribution in [2.24, 2.45) is 10.9 Å². The van der Waals surface area contributed by atoms with E-state index in [9.17, 15) is 9.47 Å². The van der Waals surface area contributed by atoms with E-state index in [4.69, 9.17) is 0 Å². The summed E-state index contributed by atoms with van der Waals surface area (Å²) in [7, 11) is -1.16. The Hall–Kier alpha value is -3.44. The summed E-state index contributed by atoms with van der Waals surface area (Å²) >= 11 is 0. The number of allylic oxidation sites excluding steroid dienone is 2. The number of hydrogen-bond donors (Lipinski definition) is 2. The fourth-order valence-electron chi connectivity index (χ4n) is 4.17. The summed E-state index contributed by atoms with van der Waals surface area (Å²) in [5.41, 5.74) is 4.82. The van der Waals surface area contributed by atoms with Crippen LogP contribution in [0.25, 0.3) is 11.4 Å². The van der Waals surface area contributed by atoms with Gasteiger partial charge in [0.05, 0.1) is 39.5 Å². The van der Waals surface area contributed by atoms with Gasteiger partial charge in [-0.15, -0.1) is 0 Å². The summed E-state index contributed by atoms with van der Waals surface area (Å²) in [4.78, 5) is 5.02. The summed E-state index contributed by atoms with van der Waals surface area (Å²) in [5.74, 6) is 0.913. The molecule has 1 aromatic heterocycles. The molecule has 3 atom stereocenters. The fraction of sp³-hybridized carbons (Fsp3) is 0.261. The third-order valence-corrected chi connectivity index (χ3v) is 7.45. The van der Waals surface area contributed by atoms with E-state index in [1.165, 1.54) is 0 Å². The van der Waals surface area contributed by atoms with Gasteiger partial charge in [-0.2, -0.15) is 10.4 Å². The van der Waals surface area contributed by atoms with Gasteiger partial charge in [-0.25, -0.2) is 9.67 Å². The summed E-state index contributed by atoms with van der Waals surface area (Å²) in [6.07, 6.45) is 14.5. The third kappa shape index (κ3) is 3.84. The maximum atomic E-state index is 12.8. The predicted octanol–water partition coefficient (Wildman–Crippen LogP) is 2.99. The number of rotatable bonds is 5. The molecule has 2 aromatic rings. The second-order valence-electron chi connectivity index (χ2n) is 7.78. The van der Waals surface area contributed by atoms with Gasteiger partial charge >= 0.3 is 0 Å². The first-order chi connectivity index (χ1) is 15.2. The second-order valence-corrected chi connectivity index (χ2v) is 9.25. The molecule has 3 unspecified atom stereocenters. The third-order valence-electron chi connectivity index (χ3n) is 5.83. The summed E-state index contributed by atoms with van der Waals surface area (Å²) in [5, 5.41) is 20.3. The molecule has 3 heterocycles. The molecule has 0 spiro atoms. The Morgan fingerprint density at radius 3 is 3.06 bits per heavy atom. The Balaban J connectivity index is 1.27. The lowest BCUT2D eigenvalue weighted by atomic mass is 9.94. The minimum absolute atomic E-state index is 0.0266. The lowest BCUT2D eigenvalue weighted by Gasteiger charge is -2.22. The van der Waals surface area contributed by atoms with Crippen LogP contribution in [0.4, 0.5) is 0 Å². The summed E-state index contributed by atoms with van der Waals surface area (Å²) in [6.45, 7) is 0. The van der Waals surface area contributed by atoms with Crippen LogP contribution in [0, 0.1) is 17.2 Å². The first-order valence-electron chi connectivity index (χ1n) is 10.3. The lowest BCUT2D eigenvalue weighted by molar-refractivity contribution is 0.523. The second kappa shape index (κ2) is 8.36. The van der Waals surface area contributed by atoms with E-state index >= 15 is 0 Å². The van der Waals surface area contributed by atoms with Crippen LogP contribution in [-0.4, -0.2) is 32.2 Å². The van der Waals surface area contributed by atoms with Crippen molar-refractivity contribution in [1.29, 1.82) is 5.26 Å². The predicted molar refractivity (Wildman–Crippen MR) is 121 cm³/mol. The molecule has 31 heavy (non-hydrogen) atoms. The Kier molecular flexibility index (Phi) is 5.26. The van der Waals surface area contributed by atoms with Gasteiger partial charge in [0.2, 0.25) is 0 Å². The molecule has 2 N–H and O–H groups in total. The molecule has 7 nitrogen and oxygen atoms in total. The molecule has 3 aliphatic rings. The summed E-state index contributed by atoms with van der Waals surface area (Å²) < 4.78 is 14.7. The van der Waals surface area contributed by atoms with Crippen molar-refractivity contribution < 1.29 is 4.21 Å². The Morgan fingerprint density at radius 2 is 2.23 bits per heavy atom. The largest absolute Gasteiger partial charge is 0.366 e. The van der Waals surface area contributed by atoms with Gasteiger partial charge in [-0.1, -0.05) is 18.2 Å². The van der Waals surface area contributed by atoms with Gasteiger partial charge in [0, 0.05) is 28.8 Å². The molecule has 156 valence electrons. The topological polar surface area (TPSA) is 95.1 Å². The van der Waals surface area contributed by atoms with E-state index in [0.29, 0.717) is 22.1 Å². The molecule has 0 bridgehead atoms. The molecule has 0 amide bonds. The van der Waals surface area contributed by atoms with Crippen molar-refractivity contribution in [2.75, 3.05) is 5.75 Å². The van der Waals surface area contributed by atoms with Crippen LogP contribution < -0.4 is 10.6 Å². The molecular formula is C23H22N6OS. The normalized spacial score (nSPS) is 22.9. The molecule has 0 saturated heterocycles. The van der Waals surface area contributed by atoms with Crippen LogP contribution in [0.5, 0.6) is 0 Å². The number of nitrogens with zero attached hydrogens (tertiary/aromatic N) is 4. The lowest BCUT2D eigenvalue weighted by Crippen LogP contribution is -2.28. The zero-order valence-electron chi connectivity index (χ0n) is 16.9. The van der Waals surface area contributed by atoms with Gasteiger partial charge in [0.1, 0.15) is 12.2 Å². The molecule has 0 fully saturated rings. The van der Waals surface area contributed by atoms with Gasteiger partial charge in [0.15, 0.2) is 0 Å². The van der Waals surface area contributed by atoms with E-state index in [-0.39, 0.29) is 6.17 Å². The average molecular weight is 431 g/mol.